The van der Waals surface area contributed by atoms with Crippen LogP contribution in [0.5, 0.6) is 11.5 Å². The van der Waals surface area contributed by atoms with Crippen LogP contribution in [0.2, 0.25) is 0 Å². The Hall–Kier alpha value is -2.69. The molecule has 0 saturated carbocycles. The number of rotatable bonds is 5. The van der Waals surface area contributed by atoms with Gasteiger partial charge in [0.1, 0.15) is 11.5 Å². The van der Waals surface area contributed by atoms with E-state index in [1.54, 1.807) is 24.3 Å². The van der Waals surface area contributed by atoms with Gasteiger partial charge in [-0.1, -0.05) is 18.2 Å². The topological polar surface area (TPSA) is 73.6 Å². The number of hydrogen-bond donors (Lipinski definition) is 2. The number of ether oxygens (including phenoxy) is 2. The Morgan fingerprint density at radius 1 is 1.14 bits per heavy atom. The maximum absolute atomic E-state index is 12.3. The van der Waals surface area contributed by atoms with Crippen molar-refractivity contribution in [3.63, 3.8) is 0 Å². The van der Waals surface area contributed by atoms with E-state index in [1.807, 2.05) is 32.0 Å². The van der Waals surface area contributed by atoms with Gasteiger partial charge in [-0.15, -0.1) is 0 Å². The number of methoxy groups -OCH3 is 1. The fourth-order valence-electron chi connectivity index (χ4n) is 1.99. The SMILES string of the molecule is COc1cc(NC(=O)c2ccccc2)c(OC(C)C)cc1N. The average Bonchev–Trinajstić information content (AvgIpc) is 2.50. The Morgan fingerprint density at radius 2 is 1.82 bits per heavy atom. The summed E-state index contributed by atoms with van der Waals surface area (Å²) in [4.78, 5) is 12.3. The lowest BCUT2D eigenvalue weighted by Crippen LogP contribution is -2.15. The van der Waals surface area contributed by atoms with Crippen LogP contribution in [0, 0.1) is 0 Å². The Kier molecular flexibility index (Phi) is 4.88. The number of nitrogens with one attached hydrogen (secondary N) is 1. The molecular weight excluding hydrogens is 280 g/mol. The molecule has 0 aliphatic heterocycles. The molecule has 0 radical (unpaired) electrons. The number of nitrogen functional groups attached to an aromatic ring is 1. The molecule has 0 spiro atoms. The number of carbonyl (C=O) groups excluding carboxylic acids is 1. The van der Waals surface area contributed by atoms with Crippen molar-refractivity contribution in [1.82, 2.24) is 0 Å². The van der Waals surface area contributed by atoms with Gasteiger partial charge in [0.2, 0.25) is 0 Å². The molecule has 22 heavy (non-hydrogen) atoms. The number of benzene rings is 2. The van der Waals surface area contributed by atoms with E-state index < -0.39 is 0 Å². The molecular formula is C17H20N2O3. The molecule has 5 heteroatoms. The van der Waals surface area contributed by atoms with E-state index in [0.717, 1.165) is 0 Å². The maximum atomic E-state index is 12.3. The van der Waals surface area contributed by atoms with Crippen LogP contribution >= 0.6 is 0 Å². The molecule has 0 unspecified atom stereocenters. The van der Waals surface area contributed by atoms with Gasteiger partial charge in [-0.05, 0) is 26.0 Å². The third kappa shape index (κ3) is 3.69. The first-order valence-corrected chi connectivity index (χ1v) is 7.02. The first-order valence-electron chi connectivity index (χ1n) is 7.02. The minimum Gasteiger partial charge on any atom is -0.495 e. The van der Waals surface area contributed by atoms with Crippen LogP contribution in [-0.2, 0) is 0 Å². The van der Waals surface area contributed by atoms with Gasteiger partial charge in [0, 0.05) is 17.7 Å². The average molecular weight is 300 g/mol. The molecule has 0 atom stereocenters. The van der Waals surface area contributed by atoms with Crippen LogP contribution in [0.1, 0.15) is 24.2 Å². The Morgan fingerprint density at radius 3 is 2.41 bits per heavy atom. The van der Waals surface area contributed by atoms with Gasteiger partial charge in [-0.2, -0.15) is 0 Å². The fraction of sp³-hybridized carbons (Fsp3) is 0.235. The van der Waals surface area contributed by atoms with E-state index >= 15 is 0 Å². The molecule has 0 aliphatic rings. The maximum Gasteiger partial charge on any atom is 0.255 e. The molecule has 0 aromatic heterocycles. The van der Waals surface area contributed by atoms with Crippen LogP contribution in [0.4, 0.5) is 11.4 Å². The van der Waals surface area contributed by atoms with Crippen molar-refractivity contribution < 1.29 is 14.3 Å². The number of nitrogens with two attached hydrogens (primary N) is 1. The van der Waals surface area contributed by atoms with Crippen LogP contribution in [0.3, 0.4) is 0 Å². The van der Waals surface area contributed by atoms with Crippen LogP contribution in [0.25, 0.3) is 0 Å². The van der Waals surface area contributed by atoms with Crippen LogP contribution in [-0.4, -0.2) is 19.1 Å². The quantitative estimate of drug-likeness (QED) is 0.831. The summed E-state index contributed by atoms with van der Waals surface area (Å²) in [5, 5.41) is 2.83. The second kappa shape index (κ2) is 6.85. The third-order valence-corrected chi connectivity index (χ3v) is 2.98. The van der Waals surface area contributed by atoms with Gasteiger partial charge >= 0.3 is 0 Å². The van der Waals surface area contributed by atoms with Gasteiger partial charge in [-0.25, -0.2) is 0 Å². The molecule has 0 fully saturated rings. The highest BCUT2D eigenvalue weighted by molar-refractivity contribution is 6.05. The van der Waals surface area contributed by atoms with Gasteiger partial charge in [-0.3, -0.25) is 4.79 Å². The number of hydrogen-bond acceptors (Lipinski definition) is 4. The number of carbonyl (C=O) groups is 1. The second-order valence-electron chi connectivity index (χ2n) is 5.08. The molecule has 5 nitrogen and oxygen atoms in total. The fourth-order valence-corrected chi connectivity index (χ4v) is 1.99. The van der Waals surface area contributed by atoms with E-state index in [9.17, 15) is 4.79 Å². The monoisotopic (exact) mass is 300 g/mol. The van der Waals surface area contributed by atoms with E-state index in [4.69, 9.17) is 15.2 Å². The largest absolute Gasteiger partial charge is 0.495 e. The van der Waals surface area contributed by atoms with Crippen molar-refractivity contribution in [2.75, 3.05) is 18.2 Å². The lowest BCUT2D eigenvalue weighted by Gasteiger charge is -2.17. The van der Waals surface area contributed by atoms with Crippen molar-refractivity contribution in [2.24, 2.45) is 0 Å². The number of anilines is 2. The van der Waals surface area contributed by atoms with Crippen molar-refractivity contribution in [1.29, 1.82) is 0 Å². The van der Waals surface area contributed by atoms with Crippen LogP contribution < -0.4 is 20.5 Å². The van der Waals surface area contributed by atoms with Crippen LogP contribution in [0.15, 0.2) is 42.5 Å². The lowest BCUT2D eigenvalue weighted by atomic mass is 10.2. The molecule has 0 aliphatic carbocycles. The smallest absolute Gasteiger partial charge is 0.255 e. The Labute approximate surface area is 130 Å². The van der Waals surface area contributed by atoms with Crippen molar-refractivity contribution in [3.05, 3.63) is 48.0 Å². The highest BCUT2D eigenvalue weighted by atomic mass is 16.5. The third-order valence-electron chi connectivity index (χ3n) is 2.98. The highest BCUT2D eigenvalue weighted by Crippen LogP contribution is 2.35. The normalized spacial score (nSPS) is 10.4. The van der Waals surface area contributed by atoms with Gasteiger partial charge in [0.25, 0.3) is 5.91 Å². The standard InChI is InChI=1S/C17H20N2O3/c1-11(2)22-16-9-13(18)15(21-3)10-14(16)19-17(20)12-7-5-4-6-8-12/h4-11H,18H2,1-3H3,(H,19,20). The summed E-state index contributed by atoms with van der Waals surface area (Å²) in [6, 6.07) is 12.3. The van der Waals surface area contributed by atoms with Gasteiger partial charge < -0.3 is 20.5 Å². The van der Waals surface area contributed by atoms with E-state index in [-0.39, 0.29) is 12.0 Å². The molecule has 2 aromatic carbocycles. The Balaban J connectivity index is 2.33. The molecule has 2 aromatic rings. The zero-order valence-corrected chi connectivity index (χ0v) is 12.9. The van der Waals surface area contributed by atoms with E-state index in [0.29, 0.717) is 28.4 Å². The zero-order valence-electron chi connectivity index (χ0n) is 12.9. The summed E-state index contributed by atoms with van der Waals surface area (Å²) >= 11 is 0. The summed E-state index contributed by atoms with van der Waals surface area (Å²) in [6.45, 7) is 3.81. The van der Waals surface area contributed by atoms with Crippen molar-refractivity contribution >= 4 is 17.3 Å². The molecule has 2 rings (SSSR count). The summed E-state index contributed by atoms with van der Waals surface area (Å²) in [5.41, 5.74) is 7.44. The summed E-state index contributed by atoms with van der Waals surface area (Å²) < 4.78 is 10.9. The predicted octanol–water partition coefficient (Wildman–Crippen LogP) is 3.32. The summed E-state index contributed by atoms with van der Waals surface area (Å²) in [5.74, 6) is 0.776. The van der Waals surface area contributed by atoms with Gasteiger partial charge in [0.15, 0.2) is 0 Å². The summed E-state index contributed by atoms with van der Waals surface area (Å²) in [7, 11) is 1.53. The predicted molar refractivity (Wildman–Crippen MR) is 87.6 cm³/mol. The Bertz CT molecular complexity index is 654. The first kappa shape index (κ1) is 15.7. The van der Waals surface area contributed by atoms with Crippen molar-refractivity contribution in [3.8, 4) is 11.5 Å². The minimum atomic E-state index is -0.221. The van der Waals surface area contributed by atoms with E-state index in [2.05, 4.69) is 5.32 Å². The minimum absolute atomic E-state index is 0.0415. The second-order valence-corrected chi connectivity index (χ2v) is 5.08. The zero-order chi connectivity index (χ0) is 16.1. The molecule has 3 N–H and O–H groups in total. The molecule has 116 valence electrons. The first-order chi connectivity index (χ1) is 10.5. The highest BCUT2D eigenvalue weighted by Gasteiger charge is 2.14. The van der Waals surface area contributed by atoms with Crippen molar-refractivity contribution in [2.45, 2.75) is 20.0 Å². The molecule has 0 heterocycles. The van der Waals surface area contributed by atoms with Gasteiger partial charge in [0.05, 0.1) is 24.6 Å². The molecule has 0 saturated heterocycles. The molecule has 1 amide bonds. The number of amides is 1. The lowest BCUT2D eigenvalue weighted by molar-refractivity contribution is 0.102. The summed E-state index contributed by atoms with van der Waals surface area (Å²) in [6.07, 6.45) is -0.0415. The van der Waals surface area contributed by atoms with E-state index in [1.165, 1.54) is 7.11 Å². The molecule has 0 bridgehead atoms.